The van der Waals surface area contributed by atoms with E-state index < -0.39 is 8.32 Å². The van der Waals surface area contributed by atoms with E-state index in [2.05, 4.69) is 33.9 Å². The van der Waals surface area contributed by atoms with Crippen LogP contribution in [0, 0.1) is 6.92 Å². The first kappa shape index (κ1) is 25.1. The molecular weight excluding hydrogens is 408 g/mol. The number of pyridine rings is 2. The lowest BCUT2D eigenvalue weighted by Crippen LogP contribution is -2.42. The van der Waals surface area contributed by atoms with Gasteiger partial charge in [-0.1, -0.05) is 20.8 Å². The van der Waals surface area contributed by atoms with E-state index in [4.69, 9.17) is 9.16 Å². The molecule has 172 valence electrons. The first-order valence-corrected chi connectivity index (χ1v) is 13.8. The van der Waals surface area contributed by atoms with E-state index in [0.717, 1.165) is 12.1 Å². The zero-order valence-electron chi connectivity index (χ0n) is 20.5. The molecule has 0 saturated carbocycles. The molecule has 2 rings (SSSR count). The summed E-state index contributed by atoms with van der Waals surface area (Å²) in [5.41, 5.74) is 2.17. The SMILES string of the molecule is COc1cc(CCC[C@@H](O[Si](C)(C)C(C)(C)C)c2cccn(C)c2=O)n(C)c(=O)c1C. The number of nitrogens with zero attached hydrogens (tertiary/aromatic N) is 2. The van der Waals surface area contributed by atoms with Gasteiger partial charge in [-0.25, -0.2) is 0 Å². The molecule has 0 aliphatic rings. The number of ether oxygens (including phenoxy) is 1. The summed E-state index contributed by atoms with van der Waals surface area (Å²) in [7, 11) is 3.06. The number of rotatable bonds is 8. The molecule has 2 aromatic rings. The lowest BCUT2D eigenvalue weighted by Gasteiger charge is -2.39. The van der Waals surface area contributed by atoms with Crippen molar-refractivity contribution in [3.63, 3.8) is 0 Å². The van der Waals surface area contributed by atoms with E-state index in [0.29, 0.717) is 29.7 Å². The molecule has 0 aliphatic carbocycles. The summed E-state index contributed by atoms with van der Waals surface area (Å²) in [6.45, 7) is 12.8. The highest BCUT2D eigenvalue weighted by molar-refractivity contribution is 6.74. The Balaban J connectivity index is 2.31. The fourth-order valence-electron chi connectivity index (χ4n) is 3.44. The third kappa shape index (κ3) is 5.57. The minimum atomic E-state index is -2.09. The zero-order chi connectivity index (χ0) is 23.6. The molecule has 7 heteroatoms. The summed E-state index contributed by atoms with van der Waals surface area (Å²) in [5.74, 6) is 0.615. The molecule has 0 amide bonds. The number of aromatic nitrogens is 2. The Kier molecular flexibility index (Phi) is 7.76. The van der Waals surface area contributed by atoms with Crippen molar-refractivity contribution in [3.05, 3.63) is 61.9 Å². The van der Waals surface area contributed by atoms with Gasteiger partial charge in [0.15, 0.2) is 8.32 Å². The van der Waals surface area contributed by atoms with E-state index in [1.165, 1.54) is 0 Å². The molecular formula is C24H38N2O4Si. The van der Waals surface area contributed by atoms with Crippen molar-refractivity contribution in [2.24, 2.45) is 14.1 Å². The Labute approximate surface area is 187 Å². The molecule has 6 nitrogen and oxygen atoms in total. The molecule has 2 aromatic heterocycles. The summed E-state index contributed by atoms with van der Waals surface area (Å²) >= 11 is 0. The van der Waals surface area contributed by atoms with Gasteiger partial charge in [-0.3, -0.25) is 9.59 Å². The maximum Gasteiger partial charge on any atom is 0.257 e. The number of hydrogen-bond acceptors (Lipinski definition) is 4. The van der Waals surface area contributed by atoms with Crippen molar-refractivity contribution in [1.29, 1.82) is 0 Å². The molecule has 0 unspecified atom stereocenters. The summed E-state index contributed by atoms with van der Waals surface area (Å²) < 4.78 is 15.4. The zero-order valence-corrected chi connectivity index (χ0v) is 21.5. The summed E-state index contributed by atoms with van der Waals surface area (Å²) in [4.78, 5) is 25.3. The smallest absolute Gasteiger partial charge is 0.257 e. The number of hydrogen-bond donors (Lipinski definition) is 0. The maximum atomic E-state index is 12.8. The van der Waals surface area contributed by atoms with E-state index in [1.807, 2.05) is 18.2 Å². The van der Waals surface area contributed by atoms with Crippen molar-refractivity contribution in [2.45, 2.75) is 71.2 Å². The van der Waals surface area contributed by atoms with Gasteiger partial charge in [0.05, 0.1) is 18.8 Å². The van der Waals surface area contributed by atoms with E-state index >= 15 is 0 Å². The second-order valence-electron chi connectivity index (χ2n) is 9.83. The lowest BCUT2D eigenvalue weighted by atomic mass is 10.0. The Bertz CT molecular complexity index is 1030. The fraction of sp³-hybridized carbons (Fsp3) is 0.583. The van der Waals surface area contributed by atoms with Crippen molar-refractivity contribution in [2.75, 3.05) is 7.11 Å². The Morgan fingerprint density at radius 2 is 1.77 bits per heavy atom. The van der Waals surface area contributed by atoms with Crippen LogP contribution in [0.3, 0.4) is 0 Å². The third-order valence-electron chi connectivity index (χ3n) is 6.59. The van der Waals surface area contributed by atoms with Crippen LogP contribution in [0.1, 0.15) is 56.5 Å². The molecule has 0 bridgehead atoms. The Morgan fingerprint density at radius 3 is 2.35 bits per heavy atom. The van der Waals surface area contributed by atoms with Crippen LogP contribution in [0.4, 0.5) is 0 Å². The molecule has 2 heterocycles. The lowest BCUT2D eigenvalue weighted by molar-refractivity contribution is 0.169. The predicted octanol–water partition coefficient (Wildman–Crippen LogP) is 4.49. The van der Waals surface area contributed by atoms with Crippen LogP contribution < -0.4 is 15.9 Å². The highest BCUT2D eigenvalue weighted by Crippen LogP contribution is 2.40. The third-order valence-corrected chi connectivity index (χ3v) is 11.1. The largest absolute Gasteiger partial charge is 0.496 e. The second kappa shape index (κ2) is 9.57. The van der Waals surface area contributed by atoms with Crippen LogP contribution in [0.25, 0.3) is 0 Å². The fourth-order valence-corrected chi connectivity index (χ4v) is 4.75. The van der Waals surface area contributed by atoms with Gasteiger partial charge in [-0.05, 0) is 56.5 Å². The van der Waals surface area contributed by atoms with Gasteiger partial charge in [0, 0.05) is 37.6 Å². The summed E-state index contributed by atoms with van der Waals surface area (Å²) in [6, 6.07) is 5.71. The van der Waals surface area contributed by atoms with Crippen LogP contribution in [-0.4, -0.2) is 24.6 Å². The van der Waals surface area contributed by atoms with Gasteiger partial charge in [0.2, 0.25) is 0 Å². The molecule has 0 N–H and O–H groups in total. The van der Waals surface area contributed by atoms with E-state index in [1.54, 1.807) is 43.5 Å². The molecule has 31 heavy (non-hydrogen) atoms. The molecule has 0 spiro atoms. The molecule has 0 saturated heterocycles. The van der Waals surface area contributed by atoms with Crippen molar-refractivity contribution in [3.8, 4) is 5.75 Å². The minimum absolute atomic E-state index is 0.0179. The molecule has 0 aromatic carbocycles. The summed E-state index contributed by atoms with van der Waals surface area (Å²) in [6.07, 6.45) is 3.69. The van der Waals surface area contributed by atoms with Gasteiger partial charge in [0.25, 0.3) is 11.1 Å². The second-order valence-corrected chi connectivity index (χ2v) is 14.6. The highest BCUT2D eigenvalue weighted by Gasteiger charge is 2.39. The molecule has 0 fully saturated rings. The van der Waals surface area contributed by atoms with Crippen LogP contribution in [0.5, 0.6) is 5.75 Å². The first-order chi connectivity index (χ1) is 14.3. The Morgan fingerprint density at radius 1 is 1.13 bits per heavy atom. The monoisotopic (exact) mass is 446 g/mol. The normalized spacial score (nSPS) is 13.3. The van der Waals surface area contributed by atoms with Gasteiger partial charge in [0.1, 0.15) is 5.75 Å². The van der Waals surface area contributed by atoms with Gasteiger partial charge < -0.3 is 18.3 Å². The Hall–Kier alpha value is -2.12. The van der Waals surface area contributed by atoms with Crippen molar-refractivity contribution >= 4 is 8.32 Å². The summed E-state index contributed by atoms with van der Waals surface area (Å²) in [5, 5.41) is 0.0412. The maximum absolute atomic E-state index is 12.8. The van der Waals surface area contributed by atoms with Crippen molar-refractivity contribution < 1.29 is 9.16 Å². The van der Waals surface area contributed by atoms with Gasteiger partial charge >= 0.3 is 0 Å². The first-order valence-electron chi connectivity index (χ1n) is 10.9. The standard InChI is InChI=1S/C24H38N2O4Si/c1-17-21(29-7)16-18(26(6)22(17)27)12-10-14-20(30-31(8,9)24(2,3)4)19-13-11-15-25(5)23(19)28/h11,13,15-16,20H,10,12,14H2,1-9H3/t20-/m1/s1. The topological polar surface area (TPSA) is 62.5 Å². The van der Waals surface area contributed by atoms with E-state index in [-0.39, 0.29) is 22.3 Å². The molecule has 0 radical (unpaired) electrons. The highest BCUT2D eigenvalue weighted by atomic mass is 28.4. The van der Waals surface area contributed by atoms with Crippen LogP contribution in [0.2, 0.25) is 18.1 Å². The average molecular weight is 447 g/mol. The van der Waals surface area contributed by atoms with Crippen LogP contribution >= 0.6 is 0 Å². The van der Waals surface area contributed by atoms with Crippen LogP contribution in [0.15, 0.2) is 34.0 Å². The van der Waals surface area contributed by atoms with Crippen molar-refractivity contribution in [1.82, 2.24) is 9.13 Å². The minimum Gasteiger partial charge on any atom is -0.496 e. The molecule has 1 atom stereocenters. The van der Waals surface area contributed by atoms with E-state index in [9.17, 15) is 9.59 Å². The number of aryl methyl sites for hydroxylation is 2. The molecule has 0 aliphatic heterocycles. The number of methoxy groups -OCH3 is 1. The van der Waals surface area contributed by atoms with Gasteiger partial charge in [-0.2, -0.15) is 0 Å². The quantitative estimate of drug-likeness (QED) is 0.561. The van der Waals surface area contributed by atoms with Gasteiger partial charge in [-0.15, -0.1) is 0 Å². The average Bonchev–Trinajstić information content (AvgIpc) is 2.68. The van der Waals surface area contributed by atoms with Crippen LogP contribution in [-0.2, 0) is 24.9 Å². The predicted molar refractivity (Wildman–Crippen MR) is 129 cm³/mol.